The first-order chi connectivity index (χ1) is 14.6. The van der Waals surface area contributed by atoms with E-state index in [1.807, 2.05) is 73.8 Å². The minimum atomic E-state index is -0.179. The minimum Gasteiger partial charge on any atom is -0.497 e. The SMILES string of the molecule is CCOc1ccc(C(=O)Nc2ccccc2SC)cc1COc1cccc(OC)c1. The summed E-state index contributed by atoms with van der Waals surface area (Å²) in [4.78, 5) is 13.9. The molecule has 0 saturated heterocycles. The van der Waals surface area contributed by atoms with Crippen LogP contribution in [0.2, 0.25) is 0 Å². The first-order valence-corrected chi connectivity index (χ1v) is 10.8. The fourth-order valence-corrected chi connectivity index (χ4v) is 3.48. The third-order valence-corrected chi connectivity index (χ3v) is 5.21. The molecule has 0 aliphatic rings. The number of para-hydroxylation sites is 1. The first kappa shape index (κ1) is 21.6. The molecule has 0 bridgehead atoms. The molecule has 156 valence electrons. The van der Waals surface area contributed by atoms with Crippen LogP contribution >= 0.6 is 11.8 Å². The molecular weight excluding hydrogens is 398 g/mol. The zero-order valence-electron chi connectivity index (χ0n) is 17.3. The van der Waals surface area contributed by atoms with Gasteiger partial charge in [-0.2, -0.15) is 0 Å². The molecule has 30 heavy (non-hydrogen) atoms. The van der Waals surface area contributed by atoms with Crippen molar-refractivity contribution in [2.45, 2.75) is 18.4 Å². The van der Waals surface area contributed by atoms with E-state index in [-0.39, 0.29) is 12.5 Å². The molecule has 0 atom stereocenters. The summed E-state index contributed by atoms with van der Waals surface area (Å²) in [5.41, 5.74) is 2.13. The van der Waals surface area contributed by atoms with E-state index in [1.54, 1.807) is 24.9 Å². The van der Waals surface area contributed by atoms with Gasteiger partial charge in [0.1, 0.15) is 23.9 Å². The summed E-state index contributed by atoms with van der Waals surface area (Å²) in [5, 5.41) is 2.99. The van der Waals surface area contributed by atoms with Gasteiger partial charge in [0.2, 0.25) is 0 Å². The maximum Gasteiger partial charge on any atom is 0.255 e. The monoisotopic (exact) mass is 423 g/mol. The van der Waals surface area contributed by atoms with E-state index in [2.05, 4.69) is 5.32 Å². The average molecular weight is 424 g/mol. The van der Waals surface area contributed by atoms with E-state index < -0.39 is 0 Å². The van der Waals surface area contributed by atoms with Crippen molar-refractivity contribution in [1.82, 2.24) is 0 Å². The largest absolute Gasteiger partial charge is 0.497 e. The standard InChI is InChI=1S/C24H25NO4S/c1-4-28-22-13-12-17(24(26)25-21-10-5-6-11-23(21)30-3)14-18(22)16-29-20-9-7-8-19(15-20)27-2/h5-15H,4,16H2,1-3H3,(H,25,26). The zero-order chi connectivity index (χ0) is 21.3. The predicted molar refractivity (Wildman–Crippen MR) is 121 cm³/mol. The normalized spacial score (nSPS) is 10.4. The van der Waals surface area contributed by atoms with Crippen molar-refractivity contribution in [3.8, 4) is 17.2 Å². The van der Waals surface area contributed by atoms with Crippen molar-refractivity contribution in [2.75, 3.05) is 25.3 Å². The highest BCUT2D eigenvalue weighted by atomic mass is 32.2. The second kappa shape index (κ2) is 10.6. The Morgan fingerprint density at radius 2 is 1.77 bits per heavy atom. The average Bonchev–Trinajstić information content (AvgIpc) is 2.79. The zero-order valence-corrected chi connectivity index (χ0v) is 18.1. The lowest BCUT2D eigenvalue weighted by Crippen LogP contribution is -2.13. The van der Waals surface area contributed by atoms with Gasteiger partial charge in [0.05, 0.1) is 19.4 Å². The topological polar surface area (TPSA) is 56.8 Å². The third kappa shape index (κ3) is 5.48. The van der Waals surface area contributed by atoms with E-state index in [9.17, 15) is 4.79 Å². The van der Waals surface area contributed by atoms with Crippen LogP contribution in [0.15, 0.2) is 71.6 Å². The number of thioether (sulfide) groups is 1. The van der Waals surface area contributed by atoms with Crippen molar-refractivity contribution in [3.63, 3.8) is 0 Å². The Kier molecular flexibility index (Phi) is 7.63. The highest BCUT2D eigenvalue weighted by Crippen LogP contribution is 2.27. The molecule has 5 nitrogen and oxygen atoms in total. The van der Waals surface area contributed by atoms with Gasteiger partial charge in [0, 0.05) is 22.1 Å². The first-order valence-electron chi connectivity index (χ1n) is 9.61. The Balaban J connectivity index is 1.80. The molecule has 0 fully saturated rings. The molecule has 6 heteroatoms. The highest BCUT2D eigenvalue weighted by Gasteiger charge is 2.13. The van der Waals surface area contributed by atoms with Crippen LogP contribution in [0.1, 0.15) is 22.8 Å². The maximum atomic E-state index is 12.8. The minimum absolute atomic E-state index is 0.179. The summed E-state index contributed by atoms with van der Waals surface area (Å²) in [6, 6.07) is 20.5. The van der Waals surface area contributed by atoms with Crippen LogP contribution in [0.25, 0.3) is 0 Å². The number of hydrogen-bond donors (Lipinski definition) is 1. The van der Waals surface area contributed by atoms with Gasteiger partial charge in [-0.15, -0.1) is 11.8 Å². The Bertz CT molecular complexity index is 1010. The molecule has 1 amide bonds. The molecule has 0 saturated carbocycles. The Morgan fingerprint density at radius 3 is 2.53 bits per heavy atom. The van der Waals surface area contributed by atoms with Gasteiger partial charge in [0.15, 0.2) is 0 Å². The molecule has 3 rings (SSSR count). The number of carbonyl (C=O) groups excluding carboxylic acids is 1. The molecule has 3 aromatic carbocycles. The van der Waals surface area contributed by atoms with Crippen LogP contribution in [-0.2, 0) is 6.61 Å². The summed E-state index contributed by atoms with van der Waals surface area (Å²) < 4.78 is 16.9. The molecule has 0 aliphatic heterocycles. The molecule has 0 unspecified atom stereocenters. The van der Waals surface area contributed by atoms with E-state index >= 15 is 0 Å². The van der Waals surface area contributed by atoms with Crippen LogP contribution in [0.4, 0.5) is 5.69 Å². The van der Waals surface area contributed by atoms with E-state index in [0.717, 1.165) is 21.9 Å². The number of nitrogens with one attached hydrogen (secondary N) is 1. The second-order valence-corrected chi connectivity index (χ2v) is 7.23. The lowest BCUT2D eigenvalue weighted by atomic mass is 10.1. The Hall–Kier alpha value is -3.12. The van der Waals surface area contributed by atoms with Gasteiger partial charge in [-0.25, -0.2) is 0 Å². The number of carbonyl (C=O) groups is 1. The number of anilines is 1. The molecule has 1 N–H and O–H groups in total. The fourth-order valence-electron chi connectivity index (χ4n) is 2.92. The Morgan fingerprint density at radius 1 is 0.967 bits per heavy atom. The molecule has 0 heterocycles. The van der Waals surface area contributed by atoms with Gasteiger partial charge in [-0.3, -0.25) is 4.79 Å². The smallest absolute Gasteiger partial charge is 0.255 e. The van der Waals surface area contributed by atoms with Crippen LogP contribution in [0.3, 0.4) is 0 Å². The van der Waals surface area contributed by atoms with Crippen LogP contribution in [-0.4, -0.2) is 25.9 Å². The van der Waals surface area contributed by atoms with Crippen molar-refractivity contribution < 1.29 is 19.0 Å². The van der Waals surface area contributed by atoms with Gasteiger partial charge >= 0.3 is 0 Å². The number of ether oxygens (including phenoxy) is 3. The quantitative estimate of drug-likeness (QED) is 0.451. The van der Waals surface area contributed by atoms with E-state index in [0.29, 0.717) is 23.7 Å². The summed E-state index contributed by atoms with van der Waals surface area (Å²) in [5.74, 6) is 1.92. The van der Waals surface area contributed by atoms with Crippen molar-refractivity contribution in [1.29, 1.82) is 0 Å². The van der Waals surface area contributed by atoms with Crippen molar-refractivity contribution >= 4 is 23.4 Å². The number of hydrogen-bond acceptors (Lipinski definition) is 5. The van der Waals surface area contributed by atoms with Gasteiger partial charge in [0.25, 0.3) is 5.91 Å². The van der Waals surface area contributed by atoms with Crippen LogP contribution in [0.5, 0.6) is 17.2 Å². The molecule has 0 spiro atoms. The van der Waals surface area contributed by atoms with Crippen LogP contribution < -0.4 is 19.5 Å². The maximum absolute atomic E-state index is 12.8. The number of benzene rings is 3. The number of amides is 1. The molecule has 3 aromatic rings. The molecule has 0 aromatic heterocycles. The number of rotatable bonds is 9. The predicted octanol–water partition coefficient (Wildman–Crippen LogP) is 5.65. The lowest BCUT2D eigenvalue weighted by Gasteiger charge is -2.14. The van der Waals surface area contributed by atoms with Gasteiger partial charge < -0.3 is 19.5 Å². The molecular formula is C24H25NO4S. The fraction of sp³-hybridized carbons (Fsp3) is 0.208. The molecule has 0 radical (unpaired) electrons. The van der Waals surface area contributed by atoms with Gasteiger partial charge in [-0.05, 0) is 55.6 Å². The van der Waals surface area contributed by atoms with E-state index in [4.69, 9.17) is 14.2 Å². The summed E-state index contributed by atoms with van der Waals surface area (Å²) in [6.07, 6.45) is 1.98. The molecule has 0 aliphatic carbocycles. The second-order valence-electron chi connectivity index (χ2n) is 6.38. The van der Waals surface area contributed by atoms with Crippen molar-refractivity contribution in [3.05, 3.63) is 77.9 Å². The van der Waals surface area contributed by atoms with Crippen LogP contribution in [0, 0.1) is 0 Å². The van der Waals surface area contributed by atoms with Crippen molar-refractivity contribution in [2.24, 2.45) is 0 Å². The third-order valence-electron chi connectivity index (χ3n) is 4.41. The summed E-state index contributed by atoms with van der Waals surface area (Å²) >= 11 is 1.59. The van der Waals surface area contributed by atoms with Gasteiger partial charge in [-0.1, -0.05) is 18.2 Å². The summed E-state index contributed by atoms with van der Waals surface area (Å²) in [7, 11) is 1.61. The van der Waals surface area contributed by atoms with E-state index in [1.165, 1.54) is 0 Å². The Labute approximate surface area is 181 Å². The lowest BCUT2D eigenvalue weighted by molar-refractivity contribution is 0.102. The number of methoxy groups -OCH3 is 1. The summed E-state index contributed by atoms with van der Waals surface area (Å²) in [6.45, 7) is 2.72. The highest BCUT2D eigenvalue weighted by molar-refractivity contribution is 7.98.